The first-order chi connectivity index (χ1) is 11.4. The molecule has 1 aromatic heterocycles. The maximum atomic E-state index is 12.0. The Morgan fingerprint density at radius 3 is 2.79 bits per heavy atom. The van der Waals surface area contributed by atoms with E-state index in [-0.39, 0.29) is 17.3 Å². The van der Waals surface area contributed by atoms with Gasteiger partial charge in [0.25, 0.3) is 5.90 Å². The van der Waals surface area contributed by atoms with Crippen molar-refractivity contribution in [3.63, 3.8) is 0 Å². The molecule has 1 aliphatic heterocycles. The molecular formula is C16H9Br2NO5. The number of benzene rings is 1. The largest absolute Gasteiger partial charge is 0.459 e. The molecule has 0 radical (unpaired) electrons. The van der Waals surface area contributed by atoms with Crippen molar-refractivity contribution in [2.45, 2.75) is 6.92 Å². The van der Waals surface area contributed by atoms with Crippen LogP contribution in [0, 0.1) is 0 Å². The molecule has 122 valence electrons. The first-order valence-corrected chi connectivity index (χ1v) is 8.26. The summed E-state index contributed by atoms with van der Waals surface area (Å²) in [6.07, 6.45) is 2.93. The predicted octanol–water partition coefficient (Wildman–Crippen LogP) is 4.07. The number of hydrogen-bond donors (Lipinski definition) is 0. The molecule has 0 saturated heterocycles. The minimum absolute atomic E-state index is 0.0693. The zero-order valence-electron chi connectivity index (χ0n) is 12.2. The zero-order chi connectivity index (χ0) is 17.3. The fourth-order valence-electron chi connectivity index (χ4n) is 2.00. The molecule has 6 nitrogen and oxygen atoms in total. The lowest BCUT2D eigenvalue weighted by Crippen LogP contribution is -2.05. The summed E-state index contributed by atoms with van der Waals surface area (Å²) in [5.74, 6) is -0.382. The Bertz CT molecular complexity index is 884. The molecule has 0 atom stereocenters. The Labute approximate surface area is 153 Å². The number of halogens is 2. The summed E-state index contributed by atoms with van der Waals surface area (Å²) < 4.78 is 16.7. The average molecular weight is 455 g/mol. The summed E-state index contributed by atoms with van der Waals surface area (Å²) in [6.45, 7) is 1.29. The third-order valence-corrected chi connectivity index (χ3v) is 3.97. The Kier molecular flexibility index (Phi) is 4.68. The zero-order valence-corrected chi connectivity index (χ0v) is 15.4. The lowest BCUT2D eigenvalue weighted by atomic mass is 10.1. The lowest BCUT2D eigenvalue weighted by Gasteiger charge is -2.09. The maximum absolute atomic E-state index is 12.0. The van der Waals surface area contributed by atoms with Gasteiger partial charge >= 0.3 is 11.9 Å². The monoisotopic (exact) mass is 453 g/mol. The molecule has 24 heavy (non-hydrogen) atoms. The number of rotatable bonds is 3. The fourth-order valence-corrected chi connectivity index (χ4v) is 3.34. The molecule has 1 aliphatic rings. The normalized spacial score (nSPS) is 15.4. The SMILES string of the molecule is CC(=O)Oc1c(Br)cc(Br)cc1/C=C1/N=C(c2ccco2)OC1=O. The molecule has 0 bridgehead atoms. The minimum atomic E-state index is -0.619. The van der Waals surface area contributed by atoms with E-state index in [0.717, 1.165) is 4.47 Å². The summed E-state index contributed by atoms with van der Waals surface area (Å²) in [7, 11) is 0. The molecule has 0 N–H and O–H groups in total. The van der Waals surface area contributed by atoms with Gasteiger partial charge in [-0.05, 0) is 46.3 Å². The molecule has 1 aromatic carbocycles. The van der Waals surface area contributed by atoms with E-state index in [2.05, 4.69) is 36.9 Å². The van der Waals surface area contributed by atoms with Gasteiger partial charge in [0.05, 0.1) is 10.7 Å². The maximum Gasteiger partial charge on any atom is 0.363 e. The summed E-state index contributed by atoms with van der Waals surface area (Å²) in [5.41, 5.74) is 0.558. The van der Waals surface area contributed by atoms with Crippen LogP contribution in [0.25, 0.3) is 6.08 Å². The number of furan rings is 1. The molecule has 0 aliphatic carbocycles. The number of cyclic esters (lactones) is 1. The van der Waals surface area contributed by atoms with Gasteiger partial charge in [-0.2, -0.15) is 0 Å². The van der Waals surface area contributed by atoms with Crippen molar-refractivity contribution in [3.8, 4) is 5.75 Å². The number of hydrogen-bond acceptors (Lipinski definition) is 6. The Balaban J connectivity index is 2.04. The van der Waals surface area contributed by atoms with E-state index in [1.54, 1.807) is 24.3 Å². The second-order valence-electron chi connectivity index (χ2n) is 4.71. The third kappa shape index (κ3) is 3.49. The van der Waals surface area contributed by atoms with Crippen molar-refractivity contribution < 1.29 is 23.5 Å². The van der Waals surface area contributed by atoms with Crippen LogP contribution < -0.4 is 4.74 Å². The minimum Gasteiger partial charge on any atom is -0.459 e. The van der Waals surface area contributed by atoms with Crippen LogP contribution in [-0.2, 0) is 14.3 Å². The van der Waals surface area contributed by atoms with E-state index in [1.165, 1.54) is 19.3 Å². The van der Waals surface area contributed by atoms with E-state index >= 15 is 0 Å². The second kappa shape index (κ2) is 6.74. The molecule has 0 unspecified atom stereocenters. The van der Waals surface area contributed by atoms with Gasteiger partial charge < -0.3 is 13.9 Å². The third-order valence-electron chi connectivity index (χ3n) is 2.93. The summed E-state index contributed by atoms with van der Waals surface area (Å²) >= 11 is 6.69. The van der Waals surface area contributed by atoms with Crippen molar-refractivity contribution >= 4 is 55.8 Å². The van der Waals surface area contributed by atoms with Gasteiger partial charge in [-0.1, -0.05) is 15.9 Å². The van der Waals surface area contributed by atoms with Crippen LogP contribution >= 0.6 is 31.9 Å². The molecule has 0 spiro atoms. The van der Waals surface area contributed by atoms with E-state index in [9.17, 15) is 9.59 Å². The van der Waals surface area contributed by atoms with Crippen molar-refractivity contribution in [2.24, 2.45) is 4.99 Å². The average Bonchev–Trinajstić information content (AvgIpc) is 3.13. The molecule has 8 heteroatoms. The highest BCUT2D eigenvalue weighted by Gasteiger charge is 2.26. The van der Waals surface area contributed by atoms with E-state index in [4.69, 9.17) is 13.9 Å². The first kappa shape index (κ1) is 16.7. The van der Waals surface area contributed by atoms with E-state index in [0.29, 0.717) is 15.8 Å². The Morgan fingerprint density at radius 2 is 2.12 bits per heavy atom. The highest BCUT2D eigenvalue weighted by Crippen LogP contribution is 2.35. The summed E-state index contributed by atoms with van der Waals surface area (Å²) in [4.78, 5) is 27.4. The van der Waals surface area contributed by atoms with Gasteiger partial charge in [-0.15, -0.1) is 0 Å². The van der Waals surface area contributed by atoms with Gasteiger partial charge in [0.2, 0.25) is 0 Å². The van der Waals surface area contributed by atoms with Gasteiger partial charge in [0, 0.05) is 17.0 Å². The molecular weight excluding hydrogens is 446 g/mol. The van der Waals surface area contributed by atoms with Crippen LogP contribution in [0.4, 0.5) is 0 Å². The van der Waals surface area contributed by atoms with Crippen LogP contribution in [0.3, 0.4) is 0 Å². The number of nitrogens with zero attached hydrogens (tertiary/aromatic N) is 1. The highest BCUT2D eigenvalue weighted by molar-refractivity contribution is 9.11. The Hall–Kier alpha value is -2.19. The molecule has 0 amide bonds. The molecule has 2 heterocycles. The smallest absolute Gasteiger partial charge is 0.363 e. The van der Waals surface area contributed by atoms with Crippen LogP contribution in [0.2, 0.25) is 0 Å². The molecule has 3 rings (SSSR count). The number of esters is 2. The topological polar surface area (TPSA) is 78.1 Å². The van der Waals surface area contributed by atoms with Crippen LogP contribution in [0.1, 0.15) is 18.2 Å². The number of carbonyl (C=O) groups excluding carboxylic acids is 2. The van der Waals surface area contributed by atoms with E-state index < -0.39 is 11.9 Å². The van der Waals surface area contributed by atoms with Crippen molar-refractivity contribution in [2.75, 3.05) is 0 Å². The fraction of sp³-hybridized carbons (Fsp3) is 0.0625. The van der Waals surface area contributed by atoms with Gasteiger partial charge in [-0.3, -0.25) is 4.79 Å². The second-order valence-corrected chi connectivity index (χ2v) is 6.48. The number of aliphatic imine (C=N–C) groups is 1. The summed E-state index contributed by atoms with van der Waals surface area (Å²) in [6, 6.07) is 6.72. The molecule has 0 saturated carbocycles. The van der Waals surface area contributed by atoms with Gasteiger partial charge in [0.15, 0.2) is 17.2 Å². The lowest BCUT2D eigenvalue weighted by molar-refractivity contribution is -0.132. The van der Waals surface area contributed by atoms with Crippen molar-refractivity contribution in [3.05, 3.63) is 56.5 Å². The van der Waals surface area contributed by atoms with E-state index in [1.807, 2.05) is 0 Å². The van der Waals surface area contributed by atoms with Crippen LogP contribution in [-0.4, -0.2) is 17.8 Å². The molecule has 2 aromatic rings. The van der Waals surface area contributed by atoms with Gasteiger partial charge in [0.1, 0.15) is 0 Å². The van der Waals surface area contributed by atoms with Crippen LogP contribution in [0.5, 0.6) is 5.75 Å². The predicted molar refractivity (Wildman–Crippen MR) is 92.5 cm³/mol. The van der Waals surface area contributed by atoms with Gasteiger partial charge in [-0.25, -0.2) is 9.79 Å². The Morgan fingerprint density at radius 1 is 1.33 bits per heavy atom. The quantitative estimate of drug-likeness (QED) is 0.396. The number of ether oxygens (including phenoxy) is 2. The van der Waals surface area contributed by atoms with Crippen molar-refractivity contribution in [1.82, 2.24) is 0 Å². The number of carbonyl (C=O) groups is 2. The molecule has 0 fully saturated rings. The standard InChI is InChI=1S/C16H9Br2NO5/c1-8(20)23-14-9(5-10(17)7-11(14)18)6-12-16(21)24-15(19-12)13-3-2-4-22-13/h2-7H,1H3/b12-6+. The van der Waals surface area contributed by atoms with Crippen LogP contribution in [0.15, 0.2) is 54.6 Å². The first-order valence-electron chi connectivity index (χ1n) is 6.68. The van der Waals surface area contributed by atoms with Crippen molar-refractivity contribution in [1.29, 1.82) is 0 Å². The summed E-state index contributed by atoms with van der Waals surface area (Å²) in [5, 5.41) is 0. The highest BCUT2D eigenvalue weighted by atomic mass is 79.9.